The zero-order valence-corrected chi connectivity index (χ0v) is 38.7. The predicted molar refractivity (Wildman–Crippen MR) is 237 cm³/mol. The van der Waals surface area contributed by atoms with Crippen molar-refractivity contribution in [2.45, 2.75) is 166 Å². The number of allylic oxidation sites excluding steroid dienone is 1. The van der Waals surface area contributed by atoms with Gasteiger partial charge in [0.05, 0.1) is 36.8 Å². The van der Waals surface area contributed by atoms with Crippen molar-refractivity contribution in [1.29, 1.82) is 0 Å². The predicted octanol–water partition coefficient (Wildman–Crippen LogP) is 7.62. The summed E-state index contributed by atoms with van der Waals surface area (Å²) < 4.78 is 92.2. The number of aromatic nitrogens is 1. The molecule has 4 aliphatic rings. The van der Waals surface area contributed by atoms with Gasteiger partial charge in [-0.2, -0.15) is 13.2 Å². The summed E-state index contributed by atoms with van der Waals surface area (Å²) in [5.74, 6) is -2.55. The number of alkyl carbamates (subject to hydrolysis) is 1. The van der Waals surface area contributed by atoms with Gasteiger partial charge in [0.1, 0.15) is 29.5 Å². The normalized spacial score (nSPS) is 27.5. The fourth-order valence-corrected chi connectivity index (χ4v) is 9.46. The van der Waals surface area contributed by atoms with Crippen LogP contribution in [0.5, 0.6) is 11.6 Å². The molecular weight excluding hydrogens is 848 g/mol. The number of pyridine rings is 1. The van der Waals surface area contributed by atoms with E-state index in [-0.39, 0.29) is 36.0 Å². The molecule has 3 N–H and O–H groups in total. The monoisotopic (exact) mass is 917 g/mol. The van der Waals surface area contributed by atoms with Gasteiger partial charge in [0.25, 0.3) is 5.91 Å². The third kappa shape index (κ3) is 11.0. The summed E-state index contributed by atoms with van der Waals surface area (Å²) in [5, 5.41) is 6.35. The number of amides is 4. The van der Waals surface area contributed by atoms with E-state index in [2.05, 4.69) is 20.3 Å². The Labute approximate surface area is 373 Å². The van der Waals surface area contributed by atoms with Crippen LogP contribution >= 0.6 is 0 Å². The number of alkyl halides is 3. The third-order valence-corrected chi connectivity index (χ3v) is 14.2. The van der Waals surface area contributed by atoms with E-state index in [1.807, 2.05) is 27.7 Å². The summed E-state index contributed by atoms with van der Waals surface area (Å²) in [6.07, 6.45) is -2.07. The third-order valence-electron chi connectivity index (χ3n) is 11.9. The standard InChI is InChI=1S/C40H52F3N5O10S.2C2H6.3H2/c1-7-29-31(45-36(52)58-37(4,5)40(41,42)43)34(50)48-22-25(57-33-27-16-12-11-15-26(27)30(55-6)21-44-33)19-28(48)32(49)46-39(20-24(39)14-10-9-13-23(3)56-29)35(51)47-59(53,54)38(8-2)17-18-38;2*1-2;;;/h10-12,14-16,21,23-25,28-29,31H,7-9,13,17-20,22H2,1-6H3,(H,45,52)(H,46,49)(H,47,51);2*1-2H3;3*1H/b14-10-;;;;;/t23-,24-,25-,28+,29+,31+,39-;;;;;/m1...../s1. The molecule has 63 heavy (non-hydrogen) atoms. The minimum Gasteiger partial charge on any atom is -0.494 e. The van der Waals surface area contributed by atoms with Crippen LogP contribution in [-0.2, 0) is 33.9 Å². The van der Waals surface area contributed by atoms with E-state index in [1.54, 1.807) is 57.2 Å². The van der Waals surface area contributed by atoms with Crippen molar-refractivity contribution in [2.24, 2.45) is 5.92 Å². The molecule has 1 saturated heterocycles. The van der Waals surface area contributed by atoms with Crippen LogP contribution in [-0.4, -0.2) is 108 Å². The Morgan fingerprint density at radius 1 is 1.08 bits per heavy atom. The van der Waals surface area contributed by atoms with Crippen LogP contribution in [0.3, 0.4) is 0 Å². The van der Waals surface area contributed by atoms with Crippen molar-refractivity contribution in [3.05, 3.63) is 42.6 Å². The number of carbonyl (C=O) groups excluding carboxylic acids is 4. The first kappa shape index (κ1) is 51.0. The van der Waals surface area contributed by atoms with Crippen molar-refractivity contribution in [3.63, 3.8) is 0 Å². The molecule has 4 amide bonds. The molecule has 358 valence electrons. The zero-order valence-electron chi connectivity index (χ0n) is 37.9. The molecule has 2 saturated carbocycles. The largest absolute Gasteiger partial charge is 0.494 e. The van der Waals surface area contributed by atoms with Crippen LogP contribution in [0.15, 0.2) is 42.6 Å². The van der Waals surface area contributed by atoms with Gasteiger partial charge in [-0.05, 0) is 71.8 Å². The Hall–Kier alpha value is -4.65. The Kier molecular flexibility index (Phi) is 16.6. The molecule has 3 heterocycles. The lowest BCUT2D eigenvalue weighted by atomic mass is 10.0. The molecule has 2 aromatic rings. The van der Waals surface area contributed by atoms with E-state index in [4.69, 9.17) is 18.9 Å². The molecular formula is C44H70F3N5O10S. The molecule has 0 radical (unpaired) electrons. The summed E-state index contributed by atoms with van der Waals surface area (Å²) in [7, 11) is -2.62. The number of halogens is 3. The number of methoxy groups -OCH3 is 1. The summed E-state index contributed by atoms with van der Waals surface area (Å²) in [6, 6.07) is 4.11. The second-order valence-corrected chi connectivity index (χ2v) is 18.4. The maximum absolute atomic E-state index is 14.8. The van der Waals surface area contributed by atoms with Crippen molar-refractivity contribution >= 4 is 44.6 Å². The van der Waals surface area contributed by atoms with Gasteiger partial charge < -0.3 is 34.5 Å². The topological polar surface area (TPSA) is 192 Å². The molecule has 2 aliphatic heterocycles. The molecule has 0 spiro atoms. The molecule has 0 unspecified atom stereocenters. The molecule has 19 heteroatoms. The number of rotatable bonds is 10. The van der Waals surface area contributed by atoms with Crippen LogP contribution in [0.25, 0.3) is 10.8 Å². The highest BCUT2D eigenvalue weighted by molar-refractivity contribution is 7.91. The molecule has 3 fully saturated rings. The highest BCUT2D eigenvalue weighted by Gasteiger charge is 2.63. The van der Waals surface area contributed by atoms with E-state index in [0.29, 0.717) is 62.5 Å². The number of benzene rings is 1. The fraction of sp³-hybridized carbons (Fsp3) is 0.659. The lowest BCUT2D eigenvalue weighted by Crippen LogP contribution is -2.61. The van der Waals surface area contributed by atoms with E-state index < -0.39 is 92.2 Å². The average molecular weight is 918 g/mol. The number of fused-ring (bicyclic) bond motifs is 3. The van der Waals surface area contributed by atoms with Gasteiger partial charge in [0.2, 0.25) is 33.3 Å². The molecule has 15 nitrogen and oxygen atoms in total. The maximum Gasteiger partial charge on any atom is 0.427 e. The van der Waals surface area contributed by atoms with Crippen LogP contribution in [0, 0.1) is 5.92 Å². The first-order chi connectivity index (χ1) is 29.7. The highest BCUT2D eigenvalue weighted by atomic mass is 32.2. The second-order valence-electron chi connectivity index (χ2n) is 16.3. The van der Waals surface area contributed by atoms with Gasteiger partial charge >= 0.3 is 12.3 Å². The van der Waals surface area contributed by atoms with Gasteiger partial charge in [-0.1, -0.05) is 71.9 Å². The fourth-order valence-electron chi connectivity index (χ4n) is 7.80. The minimum atomic E-state index is -4.95. The van der Waals surface area contributed by atoms with Crippen molar-refractivity contribution < 1.29 is 64.0 Å². The first-order valence-corrected chi connectivity index (χ1v) is 23.4. The number of ether oxygens (including phenoxy) is 4. The molecule has 2 aliphatic carbocycles. The summed E-state index contributed by atoms with van der Waals surface area (Å²) >= 11 is 0. The highest BCUT2D eigenvalue weighted by Crippen LogP contribution is 2.49. The Morgan fingerprint density at radius 2 is 1.73 bits per heavy atom. The number of nitrogens with one attached hydrogen (secondary N) is 3. The van der Waals surface area contributed by atoms with Crippen molar-refractivity contribution in [1.82, 2.24) is 25.2 Å². The zero-order chi connectivity index (χ0) is 47.1. The summed E-state index contributed by atoms with van der Waals surface area (Å²) in [6.45, 7) is 14.2. The van der Waals surface area contributed by atoms with E-state index in [1.165, 1.54) is 13.3 Å². The number of nitrogens with zero attached hydrogens (tertiary/aromatic N) is 2. The Bertz CT molecular complexity index is 2110. The van der Waals surface area contributed by atoms with Gasteiger partial charge in [-0.25, -0.2) is 18.2 Å². The molecule has 1 aromatic heterocycles. The van der Waals surface area contributed by atoms with E-state index >= 15 is 0 Å². The summed E-state index contributed by atoms with van der Waals surface area (Å²) in [5.41, 5.74) is -4.60. The minimum absolute atomic E-state index is 0. The average Bonchev–Trinajstić information content (AvgIpc) is 4.16. The van der Waals surface area contributed by atoms with Gasteiger partial charge in [0.15, 0.2) is 0 Å². The number of carbonyl (C=O) groups is 4. The maximum atomic E-state index is 14.8. The summed E-state index contributed by atoms with van der Waals surface area (Å²) in [4.78, 5) is 62.2. The quantitative estimate of drug-likeness (QED) is 0.199. The van der Waals surface area contributed by atoms with Crippen LogP contribution in [0.1, 0.15) is 118 Å². The lowest BCUT2D eigenvalue weighted by Gasteiger charge is -2.35. The van der Waals surface area contributed by atoms with Crippen molar-refractivity contribution in [3.8, 4) is 11.6 Å². The molecule has 0 bridgehead atoms. The lowest BCUT2D eigenvalue weighted by molar-refractivity contribution is -0.244. The number of sulfonamides is 1. The first-order valence-electron chi connectivity index (χ1n) is 21.9. The smallest absolute Gasteiger partial charge is 0.427 e. The number of hydrogen-bond donors (Lipinski definition) is 3. The van der Waals surface area contributed by atoms with Gasteiger partial charge in [0, 0.05) is 27.4 Å². The van der Waals surface area contributed by atoms with Crippen molar-refractivity contribution in [2.75, 3.05) is 13.7 Å². The Balaban J connectivity index is 0.00000303. The number of hydrogen-bond acceptors (Lipinski definition) is 11. The van der Waals surface area contributed by atoms with E-state index in [9.17, 15) is 40.8 Å². The SMILES string of the molecule is CC.CC.CC[C@@H]1O[C@H](C)CC/C=C\[C@@H]2C[C@@]2(C(=O)NS(=O)(=O)C2(CC)CC2)NC(=O)[C@@H]2C[C@@H](Oc3ncc(OC)c4ccccc34)CN2C(=O)[C@H]1NC(=O)OC(C)(C)C(F)(F)F.[HH].[HH].[HH]. The molecule has 6 rings (SSSR count). The Morgan fingerprint density at radius 3 is 2.32 bits per heavy atom. The van der Waals surface area contributed by atoms with E-state index in [0.717, 1.165) is 4.90 Å². The van der Waals surface area contributed by atoms with Crippen LogP contribution < -0.4 is 24.8 Å². The van der Waals surface area contributed by atoms with Crippen LogP contribution in [0.2, 0.25) is 0 Å². The van der Waals surface area contributed by atoms with Gasteiger partial charge in [-0.3, -0.25) is 19.1 Å². The molecule has 1 aromatic carbocycles. The molecule has 7 atom stereocenters. The van der Waals surface area contributed by atoms with Crippen LogP contribution in [0.4, 0.5) is 18.0 Å². The second kappa shape index (κ2) is 20.5. The van der Waals surface area contributed by atoms with Gasteiger partial charge in [-0.15, -0.1) is 0 Å².